The van der Waals surface area contributed by atoms with Crippen LogP contribution < -0.4 is 0 Å². The number of nitrogens with zero attached hydrogens (tertiary/aromatic N) is 2. The Labute approximate surface area is 98.5 Å². The largest absolute Gasteiger partial charge is 0.465 e. The molecule has 2 aromatic rings. The van der Waals surface area contributed by atoms with Gasteiger partial charge >= 0.3 is 0 Å². The monoisotopic (exact) mass is 228 g/mol. The van der Waals surface area contributed by atoms with Crippen molar-refractivity contribution in [2.75, 3.05) is 0 Å². The number of furan rings is 1. The minimum absolute atomic E-state index is 0.0997. The summed E-state index contributed by atoms with van der Waals surface area (Å²) in [4.78, 5) is 11.7. The molecule has 4 nitrogen and oxygen atoms in total. The minimum atomic E-state index is 0.0997. The molecule has 0 aromatic carbocycles. The molecule has 86 valence electrons. The number of hydrogen-bond donors (Lipinski definition) is 0. The van der Waals surface area contributed by atoms with Crippen molar-refractivity contribution in [1.29, 1.82) is 0 Å². The van der Waals surface area contributed by atoms with Crippen molar-refractivity contribution < 1.29 is 9.21 Å². The lowest BCUT2D eigenvalue weighted by atomic mass is 10.3. The van der Waals surface area contributed by atoms with Crippen molar-refractivity contribution >= 4 is 18.1 Å². The molecule has 1 aliphatic carbocycles. The molecule has 0 bridgehead atoms. The van der Waals surface area contributed by atoms with Gasteiger partial charge in [0.25, 0.3) is 0 Å². The number of rotatable bonds is 3. The zero-order chi connectivity index (χ0) is 11.7. The molecule has 0 radical (unpaired) electrons. The van der Waals surface area contributed by atoms with Gasteiger partial charge in [-0.3, -0.25) is 4.79 Å². The smallest absolute Gasteiger partial charge is 0.249 e. The van der Waals surface area contributed by atoms with E-state index < -0.39 is 0 Å². The maximum Gasteiger partial charge on any atom is 0.249 e. The molecular weight excluding hydrogens is 216 g/mol. The molecule has 2 heterocycles. The topological polar surface area (TPSA) is 48.0 Å². The normalized spacial score (nSPS) is 15.5. The van der Waals surface area contributed by atoms with Gasteiger partial charge in [-0.2, -0.15) is 5.10 Å². The highest BCUT2D eigenvalue weighted by Crippen LogP contribution is 2.30. The highest BCUT2D eigenvalue weighted by molar-refractivity contribution is 5.83. The second kappa shape index (κ2) is 4.05. The second-order valence-electron chi connectivity index (χ2n) is 4.15. The predicted octanol–water partition coefficient (Wildman–Crippen LogP) is 2.70. The van der Waals surface area contributed by atoms with E-state index in [2.05, 4.69) is 5.10 Å². The van der Waals surface area contributed by atoms with Crippen LogP contribution >= 0.6 is 0 Å². The summed E-state index contributed by atoms with van der Waals surface area (Å²) in [7, 11) is 0. The first kappa shape index (κ1) is 10.1. The molecule has 0 unspecified atom stereocenters. The molecule has 1 aliphatic rings. The molecule has 0 saturated heterocycles. The average Bonchev–Trinajstić information content (AvgIpc) is 2.88. The minimum Gasteiger partial charge on any atom is -0.465 e. The van der Waals surface area contributed by atoms with Gasteiger partial charge in [-0.15, -0.1) is 0 Å². The van der Waals surface area contributed by atoms with Crippen LogP contribution in [0.2, 0.25) is 0 Å². The molecule has 3 rings (SSSR count). The first-order chi connectivity index (χ1) is 8.33. The van der Waals surface area contributed by atoms with Gasteiger partial charge in [0.1, 0.15) is 5.76 Å². The zero-order valence-corrected chi connectivity index (χ0v) is 9.24. The van der Waals surface area contributed by atoms with Crippen LogP contribution in [-0.2, 0) is 0 Å². The lowest BCUT2D eigenvalue weighted by Crippen LogP contribution is -2.12. The van der Waals surface area contributed by atoms with Gasteiger partial charge in [0.05, 0.1) is 12.0 Å². The Hall–Kier alpha value is -2.10. The fraction of sp³-hybridized carbons (Fsp3) is 0.231. The summed E-state index contributed by atoms with van der Waals surface area (Å²) in [5.41, 5.74) is 0.760. The molecule has 4 heteroatoms. The van der Waals surface area contributed by atoms with Crippen LogP contribution in [0.1, 0.15) is 29.1 Å². The molecule has 0 amide bonds. The Balaban J connectivity index is 1.74. The van der Waals surface area contributed by atoms with E-state index >= 15 is 0 Å². The van der Waals surface area contributed by atoms with Crippen molar-refractivity contribution in [1.82, 2.24) is 9.78 Å². The summed E-state index contributed by atoms with van der Waals surface area (Å²) in [5, 5.41) is 4.21. The SMILES string of the molecule is O=C(C1CC1)n1ccc(/C=C/c2ccco2)n1. The van der Waals surface area contributed by atoms with Crippen molar-refractivity contribution in [3.05, 3.63) is 42.1 Å². The first-order valence-corrected chi connectivity index (χ1v) is 5.64. The van der Waals surface area contributed by atoms with Crippen molar-refractivity contribution in [2.24, 2.45) is 5.92 Å². The van der Waals surface area contributed by atoms with E-state index in [1.54, 1.807) is 12.5 Å². The highest BCUT2D eigenvalue weighted by atomic mass is 16.3. The van der Waals surface area contributed by atoms with E-state index in [9.17, 15) is 4.79 Å². The Kier molecular flexibility index (Phi) is 2.40. The summed E-state index contributed by atoms with van der Waals surface area (Å²) in [6.07, 6.45) is 8.98. The molecule has 2 aromatic heterocycles. The van der Waals surface area contributed by atoms with E-state index in [0.29, 0.717) is 0 Å². The van der Waals surface area contributed by atoms with Gasteiger partial charge in [0.15, 0.2) is 0 Å². The average molecular weight is 228 g/mol. The van der Waals surface area contributed by atoms with E-state index in [1.165, 1.54) is 4.68 Å². The van der Waals surface area contributed by atoms with Crippen molar-refractivity contribution in [3.8, 4) is 0 Å². The van der Waals surface area contributed by atoms with E-state index in [-0.39, 0.29) is 11.8 Å². The number of aromatic nitrogens is 2. The molecule has 0 atom stereocenters. The number of carbonyl (C=O) groups excluding carboxylic acids is 1. The van der Waals surface area contributed by atoms with Gasteiger partial charge < -0.3 is 4.42 Å². The van der Waals surface area contributed by atoms with Crippen LogP contribution in [0.5, 0.6) is 0 Å². The van der Waals surface area contributed by atoms with Gasteiger partial charge in [-0.1, -0.05) is 0 Å². The second-order valence-corrected chi connectivity index (χ2v) is 4.15. The van der Waals surface area contributed by atoms with E-state index in [1.807, 2.05) is 30.4 Å². The van der Waals surface area contributed by atoms with Crippen molar-refractivity contribution in [3.63, 3.8) is 0 Å². The standard InChI is InChI=1S/C13H12N2O2/c16-13(10-3-4-10)15-8-7-11(14-15)5-6-12-2-1-9-17-12/h1-2,5-10H,3-4H2/b6-5+. The third-order valence-electron chi connectivity index (χ3n) is 2.72. The third kappa shape index (κ3) is 2.20. The molecule has 1 saturated carbocycles. The van der Waals surface area contributed by atoms with Crippen molar-refractivity contribution in [2.45, 2.75) is 12.8 Å². The Bertz CT molecular complexity index is 548. The fourth-order valence-electron chi connectivity index (χ4n) is 1.62. The highest BCUT2D eigenvalue weighted by Gasteiger charge is 2.31. The zero-order valence-electron chi connectivity index (χ0n) is 9.24. The fourth-order valence-corrected chi connectivity index (χ4v) is 1.62. The molecular formula is C13H12N2O2. The lowest BCUT2D eigenvalue weighted by molar-refractivity contribution is 0.0870. The Morgan fingerprint density at radius 2 is 2.29 bits per heavy atom. The Morgan fingerprint density at radius 3 is 3.00 bits per heavy atom. The molecule has 1 fully saturated rings. The summed E-state index contributed by atoms with van der Waals surface area (Å²) in [6.45, 7) is 0. The summed E-state index contributed by atoms with van der Waals surface area (Å²) in [6, 6.07) is 5.51. The quantitative estimate of drug-likeness (QED) is 0.811. The van der Waals surface area contributed by atoms with Crippen LogP contribution in [0.25, 0.3) is 12.2 Å². The van der Waals surface area contributed by atoms with Gasteiger partial charge in [-0.05, 0) is 43.2 Å². The van der Waals surface area contributed by atoms with Gasteiger partial charge in [-0.25, -0.2) is 4.68 Å². The Morgan fingerprint density at radius 1 is 1.41 bits per heavy atom. The molecule has 0 spiro atoms. The summed E-state index contributed by atoms with van der Waals surface area (Å²) in [5.74, 6) is 1.06. The number of hydrogen-bond acceptors (Lipinski definition) is 3. The molecule has 17 heavy (non-hydrogen) atoms. The van der Waals surface area contributed by atoms with Gasteiger partial charge in [0, 0.05) is 12.1 Å². The summed E-state index contributed by atoms with van der Waals surface area (Å²) < 4.78 is 6.60. The van der Waals surface area contributed by atoms with Crippen LogP contribution in [0.4, 0.5) is 0 Å². The van der Waals surface area contributed by atoms with Crippen LogP contribution in [0, 0.1) is 5.92 Å². The third-order valence-corrected chi connectivity index (χ3v) is 2.72. The number of carbonyl (C=O) groups is 1. The van der Waals surface area contributed by atoms with E-state index in [0.717, 1.165) is 24.3 Å². The van der Waals surface area contributed by atoms with Crippen LogP contribution in [0.3, 0.4) is 0 Å². The van der Waals surface area contributed by atoms with Gasteiger partial charge in [0.2, 0.25) is 5.91 Å². The lowest BCUT2D eigenvalue weighted by Gasteiger charge is -1.95. The maximum atomic E-state index is 11.7. The van der Waals surface area contributed by atoms with Crippen LogP contribution in [0.15, 0.2) is 35.1 Å². The first-order valence-electron chi connectivity index (χ1n) is 5.64. The molecule has 0 aliphatic heterocycles. The van der Waals surface area contributed by atoms with Crippen LogP contribution in [-0.4, -0.2) is 15.7 Å². The summed E-state index contributed by atoms with van der Waals surface area (Å²) >= 11 is 0. The molecule has 0 N–H and O–H groups in total. The van der Waals surface area contributed by atoms with E-state index in [4.69, 9.17) is 4.42 Å². The maximum absolute atomic E-state index is 11.7. The predicted molar refractivity (Wildman–Crippen MR) is 63.2 cm³/mol.